The van der Waals surface area contributed by atoms with Crippen LogP contribution in [0.3, 0.4) is 0 Å². The van der Waals surface area contributed by atoms with Crippen LogP contribution in [0.15, 0.2) is 30.4 Å². The first-order chi connectivity index (χ1) is 10.2. The average Bonchev–Trinajstić information content (AvgIpc) is 2.43. The Morgan fingerprint density at radius 2 is 1.62 bits per heavy atom. The quantitative estimate of drug-likeness (QED) is 0.623. The molecule has 0 saturated heterocycles. The first kappa shape index (κ1) is 17.2. The SMILES string of the molecule is CCC/C=C/c1cc(/C=C/CCCC)cc(CC(=O)O)c1. The number of benzene rings is 1. The van der Waals surface area contributed by atoms with Crippen molar-refractivity contribution in [1.29, 1.82) is 0 Å². The van der Waals surface area contributed by atoms with Crippen LogP contribution >= 0.6 is 0 Å². The molecule has 1 N–H and O–H groups in total. The van der Waals surface area contributed by atoms with E-state index >= 15 is 0 Å². The van der Waals surface area contributed by atoms with Crippen molar-refractivity contribution in [3.8, 4) is 0 Å². The number of hydrogen-bond acceptors (Lipinski definition) is 1. The molecule has 0 atom stereocenters. The highest BCUT2D eigenvalue weighted by molar-refractivity contribution is 5.71. The Morgan fingerprint density at radius 3 is 2.14 bits per heavy atom. The third-order valence-corrected chi connectivity index (χ3v) is 3.19. The zero-order chi connectivity index (χ0) is 15.5. The van der Waals surface area contributed by atoms with Crippen molar-refractivity contribution in [2.24, 2.45) is 0 Å². The van der Waals surface area contributed by atoms with Crippen LogP contribution in [0.25, 0.3) is 12.2 Å². The van der Waals surface area contributed by atoms with E-state index in [1.807, 2.05) is 12.1 Å². The monoisotopic (exact) mass is 286 g/mol. The third-order valence-electron chi connectivity index (χ3n) is 3.19. The number of carbonyl (C=O) groups is 1. The second-order valence-electron chi connectivity index (χ2n) is 5.31. The van der Waals surface area contributed by atoms with Gasteiger partial charge in [0.05, 0.1) is 6.42 Å². The first-order valence-electron chi connectivity index (χ1n) is 7.84. The van der Waals surface area contributed by atoms with E-state index in [4.69, 9.17) is 5.11 Å². The summed E-state index contributed by atoms with van der Waals surface area (Å²) in [5.41, 5.74) is 3.02. The second kappa shape index (κ2) is 9.98. The summed E-state index contributed by atoms with van der Waals surface area (Å²) >= 11 is 0. The summed E-state index contributed by atoms with van der Waals surface area (Å²) in [4.78, 5) is 10.9. The molecule has 1 aromatic rings. The molecule has 0 aliphatic carbocycles. The van der Waals surface area contributed by atoms with Gasteiger partial charge in [0.15, 0.2) is 0 Å². The number of rotatable bonds is 9. The molecule has 0 bridgehead atoms. The number of allylic oxidation sites excluding steroid dienone is 2. The van der Waals surface area contributed by atoms with Gasteiger partial charge < -0.3 is 5.11 Å². The molecule has 1 rings (SSSR count). The minimum Gasteiger partial charge on any atom is -0.481 e. The molecule has 0 radical (unpaired) electrons. The largest absolute Gasteiger partial charge is 0.481 e. The maximum absolute atomic E-state index is 10.9. The van der Waals surface area contributed by atoms with Crippen LogP contribution in [0.5, 0.6) is 0 Å². The van der Waals surface area contributed by atoms with Crippen molar-refractivity contribution < 1.29 is 9.90 Å². The second-order valence-corrected chi connectivity index (χ2v) is 5.31. The molecule has 1 aromatic carbocycles. The zero-order valence-corrected chi connectivity index (χ0v) is 13.1. The number of carboxylic acids is 1. The molecule has 0 spiro atoms. The molecule has 0 aliphatic rings. The Kier molecular flexibility index (Phi) is 8.18. The maximum Gasteiger partial charge on any atom is 0.307 e. The van der Waals surface area contributed by atoms with E-state index in [1.165, 1.54) is 12.8 Å². The van der Waals surface area contributed by atoms with Gasteiger partial charge in [-0.05, 0) is 35.6 Å². The lowest BCUT2D eigenvalue weighted by Crippen LogP contribution is -2.00. The van der Waals surface area contributed by atoms with Gasteiger partial charge in [0.2, 0.25) is 0 Å². The van der Waals surface area contributed by atoms with Crippen molar-refractivity contribution in [2.45, 2.75) is 52.4 Å². The molecule has 0 unspecified atom stereocenters. The summed E-state index contributed by atoms with van der Waals surface area (Å²) in [5, 5.41) is 8.97. The predicted octanol–water partition coefficient (Wildman–Crippen LogP) is 5.33. The molecule has 114 valence electrons. The van der Waals surface area contributed by atoms with Crippen molar-refractivity contribution in [2.75, 3.05) is 0 Å². The highest BCUT2D eigenvalue weighted by Gasteiger charge is 2.03. The van der Waals surface area contributed by atoms with Gasteiger partial charge in [0.25, 0.3) is 0 Å². The lowest BCUT2D eigenvalue weighted by molar-refractivity contribution is -0.136. The lowest BCUT2D eigenvalue weighted by Gasteiger charge is -2.04. The molecule has 0 aliphatic heterocycles. The summed E-state index contributed by atoms with van der Waals surface area (Å²) < 4.78 is 0. The van der Waals surface area contributed by atoms with E-state index in [0.29, 0.717) is 0 Å². The van der Waals surface area contributed by atoms with Gasteiger partial charge in [-0.2, -0.15) is 0 Å². The molecule has 0 amide bonds. The molecule has 2 nitrogen and oxygen atoms in total. The van der Waals surface area contributed by atoms with E-state index in [9.17, 15) is 4.79 Å². The van der Waals surface area contributed by atoms with Crippen molar-refractivity contribution >= 4 is 18.1 Å². The smallest absolute Gasteiger partial charge is 0.307 e. The average molecular weight is 286 g/mol. The van der Waals surface area contributed by atoms with E-state index < -0.39 is 5.97 Å². The Hall–Kier alpha value is -1.83. The Bertz CT molecular complexity index is 498. The highest BCUT2D eigenvalue weighted by atomic mass is 16.4. The Balaban J connectivity index is 2.91. The lowest BCUT2D eigenvalue weighted by atomic mass is 10.0. The van der Waals surface area contributed by atoms with Gasteiger partial charge in [-0.3, -0.25) is 4.79 Å². The molecule has 21 heavy (non-hydrogen) atoms. The minimum absolute atomic E-state index is 0.0747. The van der Waals surface area contributed by atoms with Crippen LogP contribution in [0.2, 0.25) is 0 Å². The van der Waals surface area contributed by atoms with Crippen molar-refractivity contribution in [1.82, 2.24) is 0 Å². The molecule has 2 heteroatoms. The molecule has 0 fully saturated rings. The zero-order valence-electron chi connectivity index (χ0n) is 13.1. The molecule has 0 saturated carbocycles. The van der Waals surface area contributed by atoms with Gasteiger partial charge in [-0.25, -0.2) is 0 Å². The Morgan fingerprint density at radius 1 is 1.00 bits per heavy atom. The summed E-state index contributed by atoms with van der Waals surface area (Å²) in [7, 11) is 0. The molecular formula is C19H26O2. The van der Waals surface area contributed by atoms with Crippen LogP contribution in [-0.2, 0) is 11.2 Å². The number of aliphatic carboxylic acids is 1. The van der Waals surface area contributed by atoms with E-state index in [1.54, 1.807) is 0 Å². The van der Waals surface area contributed by atoms with Gasteiger partial charge in [-0.1, -0.05) is 69.5 Å². The standard InChI is InChI=1S/C19H26O2/c1-3-5-7-9-11-17-12-16(10-8-6-4-2)13-18(14-17)15-19(20)21/h8-14H,3-7,15H2,1-2H3,(H,20,21)/b10-8+,11-9+. The number of hydrogen-bond donors (Lipinski definition) is 1. The molecule has 0 heterocycles. The first-order valence-corrected chi connectivity index (χ1v) is 7.84. The Labute approximate surface area is 128 Å². The fraction of sp³-hybridized carbons (Fsp3) is 0.421. The third kappa shape index (κ3) is 7.50. The molecule has 0 aromatic heterocycles. The van der Waals surface area contributed by atoms with Crippen molar-refractivity contribution in [3.05, 3.63) is 47.0 Å². The van der Waals surface area contributed by atoms with Crippen LogP contribution in [0, 0.1) is 0 Å². The van der Waals surface area contributed by atoms with E-state index in [2.05, 4.69) is 44.2 Å². The van der Waals surface area contributed by atoms with Gasteiger partial charge in [0, 0.05) is 0 Å². The van der Waals surface area contributed by atoms with Gasteiger partial charge >= 0.3 is 5.97 Å². The van der Waals surface area contributed by atoms with E-state index in [-0.39, 0.29) is 6.42 Å². The maximum atomic E-state index is 10.9. The normalized spacial score (nSPS) is 11.5. The summed E-state index contributed by atoms with van der Waals surface area (Å²) in [6.45, 7) is 4.32. The van der Waals surface area contributed by atoms with Gasteiger partial charge in [-0.15, -0.1) is 0 Å². The topological polar surface area (TPSA) is 37.3 Å². The fourth-order valence-corrected chi connectivity index (χ4v) is 2.14. The van der Waals surface area contributed by atoms with Crippen LogP contribution in [0.4, 0.5) is 0 Å². The van der Waals surface area contributed by atoms with Gasteiger partial charge in [0.1, 0.15) is 0 Å². The fourth-order valence-electron chi connectivity index (χ4n) is 2.14. The van der Waals surface area contributed by atoms with Crippen LogP contribution < -0.4 is 0 Å². The minimum atomic E-state index is -0.786. The number of unbranched alkanes of at least 4 members (excludes halogenated alkanes) is 3. The highest BCUT2D eigenvalue weighted by Crippen LogP contribution is 2.15. The molecular weight excluding hydrogens is 260 g/mol. The summed E-state index contributed by atoms with van der Waals surface area (Å²) in [6.07, 6.45) is 14.2. The predicted molar refractivity (Wildman–Crippen MR) is 90.3 cm³/mol. The number of carboxylic acid groups (broad SMARTS) is 1. The van der Waals surface area contributed by atoms with Crippen LogP contribution in [-0.4, -0.2) is 11.1 Å². The van der Waals surface area contributed by atoms with Crippen LogP contribution in [0.1, 0.15) is 62.6 Å². The van der Waals surface area contributed by atoms with Crippen molar-refractivity contribution in [3.63, 3.8) is 0 Å². The van der Waals surface area contributed by atoms with E-state index in [0.717, 1.165) is 36.0 Å². The summed E-state index contributed by atoms with van der Waals surface area (Å²) in [5.74, 6) is -0.786. The summed E-state index contributed by atoms with van der Waals surface area (Å²) in [6, 6.07) is 6.04.